The minimum atomic E-state index is -3.60. The minimum Gasteiger partial charge on any atom is -0.253 e. The zero-order chi connectivity index (χ0) is 19.4. The molecule has 2 rings (SSSR count). The van der Waals surface area contributed by atoms with Crippen molar-refractivity contribution in [1.29, 1.82) is 0 Å². The standard InChI is InChI=1S/C20H31N3O2S2/c1-2-3-4-5-6-7-8-9-10-11-13-18-14-12-15-19(16-18)27(24,25)23-20-22-21-17-26-20/h12,14-17H,2-11,13H2,1H3,(H,22,23). The second kappa shape index (κ2) is 12.1. The average Bonchev–Trinajstić information content (AvgIpc) is 3.16. The maximum Gasteiger partial charge on any atom is 0.263 e. The summed E-state index contributed by atoms with van der Waals surface area (Å²) in [5.74, 6) is 0. The van der Waals surface area contributed by atoms with Crippen LogP contribution in [0.1, 0.15) is 76.7 Å². The summed E-state index contributed by atoms with van der Waals surface area (Å²) in [6.07, 6.45) is 13.9. The van der Waals surface area contributed by atoms with E-state index in [1.807, 2.05) is 6.07 Å². The number of nitrogens with zero attached hydrogens (tertiary/aromatic N) is 2. The Bertz CT molecular complexity index is 746. The summed E-state index contributed by atoms with van der Waals surface area (Å²) in [6.45, 7) is 2.25. The third-order valence-electron chi connectivity index (χ3n) is 4.61. The molecule has 150 valence electrons. The van der Waals surface area contributed by atoms with Gasteiger partial charge in [-0.1, -0.05) is 88.2 Å². The summed E-state index contributed by atoms with van der Waals surface area (Å²) in [6, 6.07) is 7.18. The number of hydrogen-bond donors (Lipinski definition) is 1. The Morgan fingerprint density at radius 3 is 2.26 bits per heavy atom. The molecule has 1 N–H and O–H groups in total. The van der Waals surface area contributed by atoms with Crippen molar-refractivity contribution in [3.63, 3.8) is 0 Å². The number of unbranched alkanes of at least 4 members (excludes halogenated alkanes) is 9. The molecule has 0 amide bonds. The molecule has 2 aromatic rings. The van der Waals surface area contributed by atoms with E-state index in [1.165, 1.54) is 63.3 Å². The number of benzene rings is 1. The number of nitrogens with one attached hydrogen (secondary N) is 1. The van der Waals surface area contributed by atoms with Crippen LogP contribution in [0.4, 0.5) is 5.13 Å². The normalized spacial score (nSPS) is 11.6. The molecule has 1 aromatic carbocycles. The first-order valence-corrected chi connectivity index (χ1v) is 12.4. The Morgan fingerprint density at radius 1 is 0.963 bits per heavy atom. The van der Waals surface area contributed by atoms with Crippen LogP contribution >= 0.6 is 11.3 Å². The molecule has 5 nitrogen and oxygen atoms in total. The smallest absolute Gasteiger partial charge is 0.253 e. The van der Waals surface area contributed by atoms with E-state index in [-0.39, 0.29) is 10.0 Å². The highest BCUT2D eigenvalue weighted by atomic mass is 32.2. The Morgan fingerprint density at radius 2 is 1.63 bits per heavy atom. The Balaban J connectivity index is 1.68. The molecular weight excluding hydrogens is 378 g/mol. The van der Waals surface area contributed by atoms with Gasteiger partial charge in [0.1, 0.15) is 5.51 Å². The highest BCUT2D eigenvalue weighted by Crippen LogP contribution is 2.19. The molecule has 0 saturated heterocycles. The molecular formula is C20H31N3O2S2. The van der Waals surface area contributed by atoms with Crippen molar-refractivity contribution in [2.75, 3.05) is 4.72 Å². The van der Waals surface area contributed by atoms with Gasteiger partial charge in [-0.25, -0.2) is 8.42 Å². The van der Waals surface area contributed by atoms with Crippen LogP contribution in [0.25, 0.3) is 0 Å². The third-order valence-corrected chi connectivity index (χ3v) is 6.68. The lowest BCUT2D eigenvalue weighted by molar-refractivity contribution is 0.556. The molecule has 7 heteroatoms. The van der Waals surface area contributed by atoms with E-state index >= 15 is 0 Å². The predicted molar refractivity (Wildman–Crippen MR) is 113 cm³/mol. The van der Waals surface area contributed by atoms with Crippen molar-refractivity contribution in [1.82, 2.24) is 10.2 Å². The monoisotopic (exact) mass is 409 g/mol. The zero-order valence-electron chi connectivity index (χ0n) is 16.2. The molecule has 0 radical (unpaired) electrons. The van der Waals surface area contributed by atoms with E-state index in [9.17, 15) is 8.42 Å². The van der Waals surface area contributed by atoms with E-state index in [0.29, 0.717) is 0 Å². The number of rotatable bonds is 14. The molecule has 0 aliphatic heterocycles. The van der Waals surface area contributed by atoms with Crippen LogP contribution in [0.5, 0.6) is 0 Å². The van der Waals surface area contributed by atoms with Crippen LogP contribution in [0.15, 0.2) is 34.7 Å². The van der Waals surface area contributed by atoms with E-state index in [1.54, 1.807) is 18.2 Å². The average molecular weight is 410 g/mol. The van der Waals surface area contributed by atoms with Crippen LogP contribution < -0.4 is 4.72 Å². The van der Waals surface area contributed by atoms with E-state index in [2.05, 4.69) is 21.8 Å². The molecule has 0 unspecified atom stereocenters. The lowest BCUT2D eigenvalue weighted by Gasteiger charge is -2.07. The van der Waals surface area contributed by atoms with Gasteiger partial charge >= 0.3 is 0 Å². The third kappa shape index (κ3) is 8.39. The number of aromatic nitrogens is 2. The Kier molecular flexibility index (Phi) is 9.77. The maximum atomic E-state index is 12.4. The summed E-state index contributed by atoms with van der Waals surface area (Å²) in [7, 11) is -3.60. The second-order valence-corrected chi connectivity index (χ2v) is 9.44. The molecule has 1 heterocycles. The van der Waals surface area contributed by atoms with Gasteiger partial charge in [-0.2, -0.15) is 0 Å². The van der Waals surface area contributed by atoms with Crippen LogP contribution in [-0.2, 0) is 16.4 Å². The van der Waals surface area contributed by atoms with Crippen LogP contribution in [0, 0.1) is 0 Å². The first-order valence-electron chi connectivity index (χ1n) is 10.00. The van der Waals surface area contributed by atoms with Gasteiger partial charge in [-0.15, -0.1) is 10.2 Å². The molecule has 0 atom stereocenters. The van der Waals surface area contributed by atoms with Crippen LogP contribution in [-0.4, -0.2) is 18.6 Å². The minimum absolute atomic E-state index is 0.280. The van der Waals surface area contributed by atoms with Crippen LogP contribution in [0.3, 0.4) is 0 Å². The molecule has 0 aliphatic rings. The van der Waals surface area contributed by atoms with Gasteiger partial charge in [0.15, 0.2) is 0 Å². The summed E-state index contributed by atoms with van der Waals surface area (Å²) in [5.41, 5.74) is 2.56. The first kappa shape index (κ1) is 21.8. The Labute approximate surface area is 167 Å². The van der Waals surface area contributed by atoms with E-state index in [4.69, 9.17) is 0 Å². The predicted octanol–water partition coefficient (Wildman–Crippen LogP) is 5.80. The number of anilines is 1. The van der Waals surface area contributed by atoms with Gasteiger partial charge in [-0.05, 0) is 30.5 Å². The van der Waals surface area contributed by atoms with E-state index < -0.39 is 10.0 Å². The fourth-order valence-electron chi connectivity index (χ4n) is 3.08. The van der Waals surface area contributed by atoms with Crippen molar-refractivity contribution in [2.24, 2.45) is 0 Å². The van der Waals surface area contributed by atoms with Gasteiger partial charge in [0, 0.05) is 0 Å². The lowest BCUT2D eigenvalue weighted by atomic mass is 10.0. The number of hydrogen-bond acceptors (Lipinski definition) is 5. The van der Waals surface area contributed by atoms with Gasteiger partial charge < -0.3 is 0 Å². The number of aryl methyl sites for hydroxylation is 1. The van der Waals surface area contributed by atoms with Crippen molar-refractivity contribution in [2.45, 2.75) is 82.4 Å². The molecule has 0 fully saturated rings. The van der Waals surface area contributed by atoms with Crippen molar-refractivity contribution < 1.29 is 8.42 Å². The quantitative estimate of drug-likeness (QED) is 0.400. The molecule has 0 bridgehead atoms. The van der Waals surface area contributed by atoms with Crippen molar-refractivity contribution >= 4 is 26.5 Å². The van der Waals surface area contributed by atoms with Crippen molar-refractivity contribution in [3.8, 4) is 0 Å². The lowest BCUT2D eigenvalue weighted by Crippen LogP contribution is -2.13. The summed E-state index contributed by atoms with van der Waals surface area (Å²) in [4.78, 5) is 0.280. The fraction of sp³-hybridized carbons (Fsp3) is 0.600. The highest BCUT2D eigenvalue weighted by Gasteiger charge is 2.16. The Hall–Kier alpha value is -1.47. The van der Waals surface area contributed by atoms with Gasteiger partial charge in [0.2, 0.25) is 5.13 Å². The van der Waals surface area contributed by atoms with E-state index in [0.717, 1.165) is 29.7 Å². The maximum absolute atomic E-state index is 12.4. The highest BCUT2D eigenvalue weighted by molar-refractivity contribution is 7.93. The first-order chi connectivity index (χ1) is 13.1. The number of sulfonamides is 1. The second-order valence-electron chi connectivity index (χ2n) is 6.93. The fourth-order valence-corrected chi connectivity index (χ4v) is 4.84. The zero-order valence-corrected chi connectivity index (χ0v) is 17.8. The summed E-state index contributed by atoms with van der Waals surface area (Å²) >= 11 is 1.16. The molecule has 0 aliphatic carbocycles. The van der Waals surface area contributed by atoms with Crippen molar-refractivity contribution in [3.05, 3.63) is 35.3 Å². The SMILES string of the molecule is CCCCCCCCCCCCc1cccc(S(=O)(=O)Nc2nncs2)c1. The summed E-state index contributed by atoms with van der Waals surface area (Å²) in [5, 5.41) is 7.67. The molecule has 27 heavy (non-hydrogen) atoms. The molecule has 0 spiro atoms. The molecule has 1 aromatic heterocycles. The topological polar surface area (TPSA) is 72.0 Å². The molecule has 0 saturated carbocycles. The largest absolute Gasteiger partial charge is 0.263 e. The van der Waals surface area contributed by atoms with Gasteiger partial charge in [-0.3, -0.25) is 4.72 Å². The van der Waals surface area contributed by atoms with Gasteiger partial charge in [0.05, 0.1) is 4.90 Å². The van der Waals surface area contributed by atoms with Gasteiger partial charge in [0.25, 0.3) is 10.0 Å². The van der Waals surface area contributed by atoms with Crippen LogP contribution in [0.2, 0.25) is 0 Å². The summed E-state index contributed by atoms with van der Waals surface area (Å²) < 4.78 is 27.3.